The Morgan fingerprint density at radius 3 is 0.921 bits per heavy atom. The molecule has 0 unspecified atom stereocenters. The molecule has 6 aromatic carbocycles. The summed E-state index contributed by atoms with van der Waals surface area (Å²) in [5.41, 5.74) is 2.04. The molecule has 0 bridgehead atoms. The van der Waals surface area contributed by atoms with Crippen LogP contribution in [0, 0.1) is 0 Å². The second-order valence-corrected chi connectivity index (χ2v) is 16.6. The highest BCUT2D eigenvalue weighted by molar-refractivity contribution is 7.18. The number of halogens is 6. The van der Waals surface area contributed by atoms with Crippen molar-refractivity contribution in [1.29, 1.82) is 0 Å². The number of methoxy groups -OCH3 is 2. The van der Waals surface area contributed by atoms with E-state index in [-0.39, 0.29) is 10.1 Å². The second kappa shape index (κ2) is 16.5. The Bertz CT molecular complexity index is 2610. The van der Waals surface area contributed by atoms with Crippen LogP contribution in [-0.4, -0.2) is 32.0 Å². The zero-order valence-corrected chi connectivity index (χ0v) is 35.2. The summed E-state index contributed by atoms with van der Waals surface area (Å²) in [5, 5.41) is -0.451. The van der Waals surface area contributed by atoms with Gasteiger partial charge in [-0.2, -0.15) is 26.3 Å². The summed E-state index contributed by atoms with van der Waals surface area (Å²) in [7, 11) is 2.38. The van der Waals surface area contributed by atoms with Gasteiger partial charge in [-0.15, -0.1) is 0 Å². The monoisotopic (exact) mass is 886 g/mol. The first-order valence-electron chi connectivity index (χ1n) is 19.7. The number of para-hydroxylation sites is 4. The van der Waals surface area contributed by atoms with Crippen molar-refractivity contribution in [2.75, 3.05) is 24.0 Å². The van der Waals surface area contributed by atoms with Crippen LogP contribution < -0.4 is 19.3 Å². The van der Waals surface area contributed by atoms with E-state index >= 15 is 26.3 Å². The van der Waals surface area contributed by atoms with E-state index < -0.39 is 40.0 Å². The fourth-order valence-corrected chi connectivity index (χ4v) is 9.84. The van der Waals surface area contributed by atoms with Gasteiger partial charge in [0.25, 0.3) is 0 Å². The van der Waals surface area contributed by atoms with Crippen molar-refractivity contribution in [3.05, 3.63) is 193 Å². The van der Waals surface area contributed by atoms with Crippen molar-refractivity contribution in [3.8, 4) is 31.0 Å². The van der Waals surface area contributed by atoms with Gasteiger partial charge in [0.1, 0.15) is 0 Å². The molecule has 4 nitrogen and oxygen atoms in total. The smallest absolute Gasteiger partial charge is 0.380 e. The zero-order valence-electron chi connectivity index (χ0n) is 33.6. The Morgan fingerprint density at radius 2 is 0.651 bits per heavy atom. The standard InChI is InChI=1S/C51H36F6N2O2S2/c1-60-47-41(31-43(62-47)33-23-27-39(28-24-33)58(35-15-7-3-8-16-35)36-17-9-4-10-18-36)45-46(50(54,55)51(56,57)49(45,52)53)42-32-44(63-48(42)61-2)34-25-29-40(30-26-34)59(37-19-11-5-12-20-37)38-21-13-6-14-22-38/h3-32H,1-2H3. The maximum Gasteiger partial charge on any atom is 0.380 e. The average Bonchev–Trinajstić information content (AvgIpc) is 3.97. The Morgan fingerprint density at radius 1 is 0.381 bits per heavy atom. The first-order valence-corrected chi connectivity index (χ1v) is 21.3. The number of benzene rings is 6. The number of rotatable bonds is 12. The molecule has 1 aliphatic carbocycles. The van der Waals surface area contributed by atoms with Crippen LogP contribution in [0.5, 0.6) is 10.1 Å². The van der Waals surface area contributed by atoms with E-state index in [1.54, 1.807) is 24.3 Å². The minimum atomic E-state index is -5.79. The molecule has 0 aliphatic heterocycles. The van der Waals surface area contributed by atoms with Gasteiger partial charge < -0.3 is 19.3 Å². The van der Waals surface area contributed by atoms with Crippen molar-refractivity contribution < 1.29 is 35.8 Å². The molecule has 0 N–H and O–H groups in total. The van der Waals surface area contributed by atoms with E-state index in [9.17, 15) is 0 Å². The summed E-state index contributed by atoms with van der Waals surface area (Å²) >= 11 is 1.78. The maximum absolute atomic E-state index is 16.3. The molecule has 1 aliphatic rings. The summed E-state index contributed by atoms with van der Waals surface area (Å²) in [6.07, 6.45) is 0. The van der Waals surface area contributed by atoms with E-state index in [4.69, 9.17) is 9.47 Å². The number of nitrogens with zero attached hydrogens (tertiary/aromatic N) is 2. The van der Waals surface area contributed by atoms with E-state index in [2.05, 4.69) is 0 Å². The zero-order chi connectivity index (χ0) is 43.9. The van der Waals surface area contributed by atoms with E-state index in [1.165, 1.54) is 26.4 Å². The topological polar surface area (TPSA) is 24.9 Å². The van der Waals surface area contributed by atoms with E-state index in [1.807, 2.05) is 155 Å². The van der Waals surface area contributed by atoms with Gasteiger partial charge in [-0.05, 0) is 96.1 Å². The summed E-state index contributed by atoms with van der Waals surface area (Å²) < 4.78 is 107. The van der Waals surface area contributed by atoms with E-state index in [0.717, 1.165) is 56.8 Å². The summed E-state index contributed by atoms with van der Waals surface area (Å²) in [6.45, 7) is 0. The molecule has 0 saturated heterocycles. The van der Waals surface area contributed by atoms with Crippen molar-refractivity contribution >= 4 is 67.9 Å². The molecule has 0 spiro atoms. The van der Waals surface area contributed by atoms with Crippen LogP contribution >= 0.6 is 22.7 Å². The third-order valence-corrected chi connectivity index (χ3v) is 13.1. The van der Waals surface area contributed by atoms with Gasteiger partial charge in [-0.3, -0.25) is 0 Å². The molecular formula is C51H36F6N2O2S2. The molecule has 0 saturated carbocycles. The fourth-order valence-electron chi connectivity index (χ4n) is 7.87. The highest BCUT2D eigenvalue weighted by Crippen LogP contribution is 2.67. The summed E-state index contributed by atoms with van der Waals surface area (Å²) in [4.78, 5) is 4.76. The number of anilines is 6. The first kappa shape index (κ1) is 41.6. The molecule has 12 heteroatoms. The molecule has 0 radical (unpaired) electrons. The van der Waals surface area contributed by atoms with Crippen molar-refractivity contribution in [1.82, 2.24) is 0 Å². The Kier molecular flexibility index (Phi) is 10.9. The number of ether oxygens (including phenoxy) is 2. The molecule has 63 heavy (non-hydrogen) atoms. The Balaban J connectivity index is 1.12. The highest BCUT2D eigenvalue weighted by Gasteiger charge is 2.80. The van der Waals surface area contributed by atoms with Crippen LogP contribution in [0.1, 0.15) is 11.1 Å². The van der Waals surface area contributed by atoms with Crippen molar-refractivity contribution in [3.63, 3.8) is 0 Å². The lowest BCUT2D eigenvalue weighted by Gasteiger charge is -2.25. The highest BCUT2D eigenvalue weighted by atomic mass is 32.1. The molecule has 9 rings (SSSR count). The lowest BCUT2D eigenvalue weighted by atomic mass is 9.96. The van der Waals surface area contributed by atoms with E-state index in [0.29, 0.717) is 20.9 Å². The molecular weight excluding hydrogens is 851 g/mol. The minimum Gasteiger partial charge on any atom is -0.487 e. The van der Waals surface area contributed by atoms with Gasteiger partial charge >= 0.3 is 17.8 Å². The van der Waals surface area contributed by atoms with Crippen LogP contribution in [0.2, 0.25) is 0 Å². The van der Waals surface area contributed by atoms with Gasteiger partial charge in [0, 0.05) is 66.2 Å². The largest absolute Gasteiger partial charge is 0.487 e. The predicted molar refractivity (Wildman–Crippen MR) is 244 cm³/mol. The molecule has 0 fully saturated rings. The minimum absolute atomic E-state index is 0.226. The quantitative estimate of drug-likeness (QED) is 0.114. The Labute approximate surface area is 368 Å². The Hall–Kier alpha value is -6.76. The maximum atomic E-state index is 16.3. The molecule has 316 valence electrons. The van der Waals surface area contributed by atoms with Gasteiger partial charge in [-0.1, -0.05) is 120 Å². The van der Waals surface area contributed by atoms with Gasteiger partial charge in [-0.25, -0.2) is 0 Å². The molecule has 0 amide bonds. The SMILES string of the molecule is COc1sc(-c2ccc(N(c3ccccc3)c3ccccc3)cc2)cc1C1=C(c2cc(-c3ccc(N(c4ccccc4)c4ccccc4)cc3)sc2OC)C(F)(F)C(F)(F)C1(F)F. The number of alkyl halides is 6. The summed E-state index contributed by atoms with van der Waals surface area (Å²) in [5.74, 6) is -16.4. The van der Waals surface area contributed by atoms with Gasteiger partial charge in [0.05, 0.1) is 14.2 Å². The number of hydrogen-bond acceptors (Lipinski definition) is 6. The van der Waals surface area contributed by atoms with Gasteiger partial charge in [0.15, 0.2) is 10.1 Å². The lowest BCUT2D eigenvalue weighted by molar-refractivity contribution is -0.254. The van der Waals surface area contributed by atoms with Crippen molar-refractivity contribution in [2.45, 2.75) is 17.8 Å². The number of hydrogen-bond donors (Lipinski definition) is 0. The molecule has 2 aromatic heterocycles. The van der Waals surface area contributed by atoms with Crippen LogP contribution in [0.4, 0.5) is 60.5 Å². The van der Waals surface area contributed by atoms with Crippen LogP contribution in [0.25, 0.3) is 32.0 Å². The number of allylic oxidation sites excluding steroid dienone is 2. The third kappa shape index (κ3) is 7.22. The first-order chi connectivity index (χ1) is 30.4. The second-order valence-electron chi connectivity index (χ2n) is 14.6. The van der Waals surface area contributed by atoms with Gasteiger partial charge in [0.2, 0.25) is 0 Å². The summed E-state index contributed by atoms with van der Waals surface area (Å²) in [6, 6.07) is 55.5. The van der Waals surface area contributed by atoms with Crippen LogP contribution in [0.15, 0.2) is 182 Å². The van der Waals surface area contributed by atoms with Crippen molar-refractivity contribution in [2.24, 2.45) is 0 Å². The molecule has 8 aromatic rings. The molecule has 2 heterocycles. The molecule has 0 atom stereocenters. The predicted octanol–water partition coefficient (Wildman–Crippen LogP) is 15.9. The fraction of sp³-hybridized carbons (Fsp3) is 0.0980. The average molecular weight is 887 g/mol. The lowest BCUT2D eigenvalue weighted by Crippen LogP contribution is -2.48. The number of thiophene rings is 2. The third-order valence-electron chi connectivity index (χ3n) is 10.8. The van der Waals surface area contributed by atoms with Crippen LogP contribution in [0.3, 0.4) is 0 Å². The normalized spacial score (nSPS) is 15.0. The van der Waals surface area contributed by atoms with Crippen LogP contribution in [-0.2, 0) is 0 Å².